The standard InChI is InChI=1S/C17H10F3I3N2O8S/c18-17(19,20)13(6-34(30,31)32)33-16(27)7-1-2-11(12(3-7)25(28)29)24-15(26)9-4-8(21)5-10(22)14(9)23/h1-5,13H,6H2,(H,24,26)(H,30,31,32). The van der Waals surface area contributed by atoms with Crippen LogP contribution in [0.1, 0.15) is 20.7 Å². The molecule has 2 aromatic rings. The number of benzene rings is 2. The zero-order valence-corrected chi connectivity index (χ0v) is 23.4. The third kappa shape index (κ3) is 7.84. The number of anilines is 1. The SMILES string of the molecule is O=C(OC(CS(=O)(=O)O)C(F)(F)F)c1ccc(NC(=O)c2cc(I)cc(I)c2I)c([N+](=O)[O-])c1. The predicted octanol–water partition coefficient (Wildman–Crippen LogP) is 4.64. The molecular weight excluding hydrogens is 830 g/mol. The molecule has 10 nitrogen and oxygen atoms in total. The monoisotopic (exact) mass is 840 g/mol. The molecule has 0 aliphatic carbocycles. The van der Waals surface area contributed by atoms with Crippen LogP contribution in [0.3, 0.4) is 0 Å². The Kier molecular flexibility index (Phi) is 9.49. The number of halogens is 6. The second-order valence-corrected chi connectivity index (χ2v) is 11.4. The van der Waals surface area contributed by atoms with Gasteiger partial charge in [0.25, 0.3) is 21.7 Å². The molecule has 0 bridgehead atoms. The molecule has 0 aliphatic heterocycles. The molecule has 0 saturated carbocycles. The van der Waals surface area contributed by atoms with E-state index in [1.54, 1.807) is 12.1 Å². The fourth-order valence-corrected chi connectivity index (χ4v) is 5.45. The van der Waals surface area contributed by atoms with Crippen LogP contribution >= 0.6 is 67.8 Å². The van der Waals surface area contributed by atoms with Crippen molar-refractivity contribution < 1.29 is 45.4 Å². The number of hydrogen-bond donors (Lipinski definition) is 2. The van der Waals surface area contributed by atoms with Gasteiger partial charge in [0.2, 0.25) is 6.10 Å². The molecule has 0 radical (unpaired) electrons. The van der Waals surface area contributed by atoms with Gasteiger partial charge in [-0.25, -0.2) is 4.79 Å². The minimum absolute atomic E-state index is 0.216. The van der Waals surface area contributed by atoms with E-state index in [-0.39, 0.29) is 11.3 Å². The first-order valence-corrected chi connectivity index (χ1v) is 13.3. The molecule has 184 valence electrons. The molecular formula is C17H10F3I3N2O8S. The van der Waals surface area contributed by atoms with Crippen molar-refractivity contribution in [1.82, 2.24) is 0 Å². The topological polar surface area (TPSA) is 153 Å². The van der Waals surface area contributed by atoms with E-state index in [0.717, 1.165) is 19.3 Å². The second-order valence-electron chi connectivity index (χ2n) is 6.38. The maximum atomic E-state index is 13.0. The average molecular weight is 840 g/mol. The minimum Gasteiger partial charge on any atom is -0.448 e. The number of nitro groups is 1. The highest BCUT2D eigenvalue weighted by Gasteiger charge is 2.45. The number of rotatable bonds is 7. The van der Waals surface area contributed by atoms with Gasteiger partial charge in [0.1, 0.15) is 11.4 Å². The van der Waals surface area contributed by atoms with Gasteiger partial charge in [0.05, 0.1) is 16.1 Å². The lowest BCUT2D eigenvalue weighted by atomic mass is 10.1. The van der Waals surface area contributed by atoms with E-state index in [2.05, 4.69) is 10.1 Å². The largest absolute Gasteiger partial charge is 0.448 e. The number of nitrogens with one attached hydrogen (secondary N) is 1. The van der Waals surface area contributed by atoms with Gasteiger partial charge in [-0.1, -0.05) is 0 Å². The maximum absolute atomic E-state index is 13.0. The van der Waals surface area contributed by atoms with Gasteiger partial charge in [0, 0.05) is 16.8 Å². The average Bonchev–Trinajstić information content (AvgIpc) is 2.68. The molecule has 0 aromatic heterocycles. The number of carbonyl (C=O) groups is 2. The van der Waals surface area contributed by atoms with Gasteiger partial charge < -0.3 is 10.1 Å². The second kappa shape index (κ2) is 11.2. The molecule has 0 aliphatic rings. The molecule has 1 unspecified atom stereocenters. The Morgan fingerprint density at radius 3 is 2.32 bits per heavy atom. The third-order valence-corrected chi connectivity index (χ3v) is 8.28. The van der Waals surface area contributed by atoms with Gasteiger partial charge in [-0.15, -0.1) is 0 Å². The summed E-state index contributed by atoms with van der Waals surface area (Å²) in [6.45, 7) is 0. The van der Waals surface area contributed by atoms with Crippen molar-refractivity contribution in [3.8, 4) is 0 Å². The molecule has 1 amide bonds. The van der Waals surface area contributed by atoms with E-state index < -0.39 is 56.2 Å². The number of esters is 1. The molecule has 2 aromatic carbocycles. The van der Waals surface area contributed by atoms with Crippen LogP contribution in [0.15, 0.2) is 30.3 Å². The lowest BCUT2D eigenvalue weighted by Crippen LogP contribution is -2.39. The fourth-order valence-electron chi connectivity index (χ4n) is 2.41. The molecule has 2 rings (SSSR count). The number of alkyl halides is 3. The number of amides is 1. The number of nitrogens with zero attached hydrogens (tertiary/aromatic N) is 1. The Labute approximate surface area is 230 Å². The zero-order valence-electron chi connectivity index (χ0n) is 16.1. The highest BCUT2D eigenvalue weighted by atomic mass is 127. The number of carbonyl (C=O) groups excluding carboxylic acids is 2. The lowest BCUT2D eigenvalue weighted by molar-refractivity contribution is -0.383. The van der Waals surface area contributed by atoms with Gasteiger partial charge >= 0.3 is 12.1 Å². The Hall–Kier alpha value is -1.33. The first-order chi connectivity index (χ1) is 15.5. The van der Waals surface area contributed by atoms with Crippen LogP contribution in [0.2, 0.25) is 0 Å². The zero-order chi connectivity index (χ0) is 26.0. The summed E-state index contributed by atoms with van der Waals surface area (Å²) in [6.07, 6.45) is -8.55. The summed E-state index contributed by atoms with van der Waals surface area (Å²) in [6, 6.07) is 5.70. The van der Waals surface area contributed by atoms with Crippen LogP contribution in [-0.2, 0) is 14.9 Å². The summed E-state index contributed by atoms with van der Waals surface area (Å²) >= 11 is 5.91. The molecule has 1 atom stereocenters. The van der Waals surface area contributed by atoms with Gasteiger partial charge in [0.15, 0.2) is 0 Å². The quantitative estimate of drug-likeness (QED) is 0.102. The van der Waals surface area contributed by atoms with Gasteiger partial charge in [-0.05, 0) is 92.0 Å². The number of hydrogen-bond acceptors (Lipinski definition) is 7. The molecule has 34 heavy (non-hydrogen) atoms. The highest BCUT2D eigenvalue weighted by molar-refractivity contribution is 14.1. The summed E-state index contributed by atoms with van der Waals surface area (Å²) in [5.41, 5.74) is -1.67. The first kappa shape index (κ1) is 28.9. The van der Waals surface area contributed by atoms with Crippen molar-refractivity contribution >= 4 is 101 Å². The summed E-state index contributed by atoms with van der Waals surface area (Å²) in [4.78, 5) is 35.3. The van der Waals surface area contributed by atoms with E-state index in [4.69, 9.17) is 4.55 Å². The van der Waals surface area contributed by atoms with E-state index in [1.165, 1.54) is 0 Å². The molecule has 0 heterocycles. The first-order valence-electron chi connectivity index (χ1n) is 8.46. The minimum atomic E-state index is -5.34. The summed E-state index contributed by atoms with van der Waals surface area (Å²) < 4.78 is 75.4. The van der Waals surface area contributed by atoms with Crippen LogP contribution in [-0.4, -0.2) is 47.8 Å². The smallest absolute Gasteiger partial charge is 0.426 e. The van der Waals surface area contributed by atoms with Crippen molar-refractivity contribution in [3.63, 3.8) is 0 Å². The van der Waals surface area contributed by atoms with Crippen molar-refractivity contribution in [2.24, 2.45) is 0 Å². The lowest BCUT2D eigenvalue weighted by Gasteiger charge is -2.19. The van der Waals surface area contributed by atoms with Crippen molar-refractivity contribution in [1.29, 1.82) is 0 Å². The van der Waals surface area contributed by atoms with Crippen molar-refractivity contribution in [2.45, 2.75) is 12.3 Å². The Bertz CT molecular complexity index is 1270. The Morgan fingerprint density at radius 1 is 1.18 bits per heavy atom. The normalized spacial score (nSPS) is 12.7. The van der Waals surface area contributed by atoms with E-state index in [0.29, 0.717) is 9.64 Å². The van der Waals surface area contributed by atoms with E-state index in [1.807, 2.05) is 67.8 Å². The summed E-state index contributed by atoms with van der Waals surface area (Å²) in [5.74, 6) is -4.38. The molecule has 2 N–H and O–H groups in total. The van der Waals surface area contributed by atoms with Crippen LogP contribution in [0.5, 0.6) is 0 Å². The van der Waals surface area contributed by atoms with Crippen LogP contribution in [0.25, 0.3) is 0 Å². The van der Waals surface area contributed by atoms with E-state index >= 15 is 0 Å². The van der Waals surface area contributed by atoms with Crippen LogP contribution < -0.4 is 5.32 Å². The predicted molar refractivity (Wildman–Crippen MR) is 137 cm³/mol. The van der Waals surface area contributed by atoms with Crippen LogP contribution in [0.4, 0.5) is 24.5 Å². The Balaban J connectivity index is 2.36. The van der Waals surface area contributed by atoms with Crippen molar-refractivity contribution in [3.05, 3.63) is 62.3 Å². The highest BCUT2D eigenvalue weighted by Crippen LogP contribution is 2.30. The molecule has 0 fully saturated rings. The molecule has 17 heteroatoms. The number of ether oxygens (including phenoxy) is 1. The molecule has 0 saturated heterocycles. The van der Waals surface area contributed by atoms with Gasteiger partial charge in [-0.3, -0.25) is 19.5 Å². The van der Waals surface area contributed by atoms with Crippen LogP contribution in [0, 0.1) is 20.8 Å². The third-order valence-electron chi connectivity index (χ3n) is 3.89. The number of nitro benzene ring substituents is 1. The van der Waals surface area contributed by atoms with E-state index in [9.17, 15) is 41.3 Å². The fraction of sp³-hybridized carbons (Fsp3) is 0.176. The van der Waals surface area contributed by atoms with Crippen molar-refractivity contribution in [2.75, 3.05) is 11.1 Å². The summed E-state index contributed by atoms with van der Waals surface area (Å²) in [7, 11) is -5.17. The summed E-state index contributed by atoms with van der Waals surface area (Å²) in [5, 5.41) is 13.8. The van der Waals surface area contributed by atoms with Gasteiger partial charge in [-0.2, -0.15) is 21.6 Å². The Morgan fingerprint density at radius 2 is 1.79 bits per heavy atom. The maximum Gasteiger partial charge on any atom is 0.426 e. The molecule has 0 spiro atoms.